The van der Waals surface area contributed by atoms with Crippen LogP contribution in [0, 0.1) is 0 Å². The number of aliphatic hydroxyl groups is 3. The predicted molar refractivity (Wildman–Crippen MR) is 136 cm³/mol. The van der Waals surface area contributed by atoms with E-state index in [-0.39, 0.29) is 5.04 Å². The van der Waals surface area contributed by atoms with E-state index in [0.717, 1.165) is 10.4 Å². The van der Waals surface area contributed by atoms with Crippen molar-refractivity contribution in [2.75, 3.05) is 0 Å². The van der Waals surface area contributed by atoms with Crippen molar-refractivity contribution in [1.82, 2.24) is 9.55 Å². The third-order valence-electron chi connectivity index (χ3n) is 6.80. The van der Waals surface area contributed by atoms with Gasteiger partial charge in [0.15, 0.2) is 0 Å². The molecule has 4 N–H and O–H groups in total. The first-order valence-corrected chi connectivity index (χ1v) is 15.3. The average molecular weight is 546 g/mol. The monoisotopic (exact) mass is 546 g/mol. The summed E-state index contributed by atoms with van der Waals surface area (Å²) in [5.74, 6) is 0. The molecular weight excluding hydrogens is 515 g/mol. The van der Waals surface area contributed by atoms with Gasteiger partial charge < -0.3 is 0 Å². The molecule has 2 aromatic carbocycles. The average Bonchev–Trinajstić information content (AvgIpc) is 3.09. The Bertz CT molecular complexity index is 1200. The van der Waals surface area contributed by atoms with Crippen LogP contribution in [0.15, 0.2) is 82.5 Å². The molecule has 0 aliphatic carbocycles. The molecule has 2 heterocycles. The molecule has 1 saturated heterocycles. The zero-order valence-corrected chi connectivity index (χ0v) is 22.0. The quantitative estimate of drug-likeness (QED) is 0.343. The maximum atomic E-state index is 12.4. The number of benzene rings is 2. The standard InChI is InChI=1S/C25H30N2O5SeSi/c1-25(2,3)34(16-10-6-4-7-11-16,17-12-8-5-9-13-17)23(31)21-19(29)20(30)22(33-21)27-15-14-18(28)26-24(27)32/h4-15,19-23,29-31H,1-3H3,(H,26,28,32)/t19-,20+,21-,22+,23?/m0/s1. The Morgan fingerprint density at radius 3 is 1.91 bits per heavy atom. The molecule has 1 fully saturated rings. The van der Waals surface area contributed by atoms with Gasteiger partial charge in [-0.25, -0.2) is 0 Å². The molecule has 3 aromatic rings. The Morgan fingerprint density at radius 2 is 1.44 bits per heavy atom. The van der Waals surface area contributed by atoms with Gasteiger partial charge in [-0.15, -0.1) is 0 Å². The second-order valence-corrected chi connectivity index (χ2v) is 17.3. The molecule has 0 amide bonds. The summed E-state index contributed by atoms with van der Waals surface area (Å²) >= 11 is -0.534. The number of aliphatic hydroxyl groups excluding tert-OH is 3. The van der Waals surface area contributed by atoms with Crippen LogP contribution in [-0.2, 0) is 0 Å². The fourth-order valence-corrected chi connectivity index (χ4v) is 15.7. The molecule has 1 aliphatic heterocycles. The molecule has 34 heavy (non-hydrogen) atoms. The number of hydrogen-bond donors (Lipinski definition) is 4. The van der Waals surface area contributed by atoms with Gasteiger partial charge >= 0.3 is 206 Å². The molecule has 180 valence electrons. The molecule has 1 unspecified atom stereocenters. The molecule has 7 nitrogen and oxygen atoms in total. The van der Waals surface area contributed by atoms with Gasteiger partial charge in [-0.3, -0.25) is 0 Å². The molecule has 9 heteroatoms. The zero-order chi connectivity index (χ0) is 24.7. The number of hydrogen-bond acceptors (Lipinski definition) is 5. The van der Waals surface area contributed by atoms with Crippen LogP contribution >= 0.6 is 0 Å². The third-order valence-corrected chi connectivity index (χ3v) is 16.9. The first kappa shape index (κ1) is 24.8. The second-order valence-electron chi connectivity index (χ2n) is 9.72. The van der Waals surface area contributed by atoms with Crippen molar-refractivity contribution in [2.45, 2.75) is 53.5 Å². The summed E-state index contributed by atoms with van der Waals surface area (Å²) in [6, 6.07) is 21.1. The Balaban J connectivity index is 1.86. The number of H-pyrrole nitrogens is 1. The molecular formula is C25H30N2O5SeSi. The summed E-state index contributed by atoms with van der Waals surface area (Å²) < 4.78 is 1.27. The molecule has 1 aliphatic rings. The fourth-order valence-electron chi connectivity index (χ4n) is 5.27. The van der Waals surface area contributed by atoms with E-state index in [0.29, 0.717) is 0 Å². The van der Waals surface area contributed by atoms with Crippen LogP contribution in [-0.4, -0.2) is 65.8 Å². The van der Waals surface area contributed by atoms with E-state index in [9.17, 15) is 24.9 Å². The first-order chi connectivity index (χ1) is 16.1. The number of rotatable bonds is 5. The summed E-state index contributed by atoms with van der Waals surface area (Å²) in [6.07, 6.45) is -1.09. The maximum absolute atomic E-state index is 12.4. The van der Waals surface area contributed by atoms with Crippen molar-refractivity contribution in [1.29, 1.82) is 0 Å². The molecule has 0 spiro atoms. The summed E-state index contributed by atoms with van der Waals surface area (Å²) in [6.45, 7) is 6.37. The van der Waals surface area contributed by atoms with Gasteiger partial charge in [0.2, 0.25) is 0 Å². The molecule has 0 radical (unpaired) electrons. The minimum atomic E-state index is -2.99. The van der Waals surface area contributed by atoms with E-state index in [1.165, 1.54) is 16.8 Å². The molecule has 0 bridgehead atoms. The first-order valence-electron chi connectivity index (χ1n) is 11.2. The van der Waals surface area contributed by atoms with E-state index in [1.807, 2.05) is 60.7 Å². The van der Waals surface area contributed by atoms with Crippen LogP contribution in [0.4, 0.5) is 0 Å². The molecule has 0 saturated carbocycles. The van der Waals surface area contributed by atoms with E-state index < -0.39 is 62.0 Å². The number of nitrogens with one attached hydrogen (secondary N) is 1. The van der Waals surface area contributed by atoms with Gasteiger partial charge in [0.25, 0.3) is 0 Å². The Kier molecular flexibility index (Phi) is 6.88. The van der Waals surface area contributed by atoms with E-state index in [1.54, 1.807) is 0 Å². The van der Waals surface area contributed by atoms with Gasteiger partial charge in [0.05, 0.1) is 0 Å². The number of nitrogens with zero attached hydrogens (tertiary/aromatic N) is 1. The van der Waals surface area contributed by atoms with Crippen molar-refractivity contribution >= 4 is 33.4 Å². The van der Waals surface area contributed by atoms with Crippen LogP contribution in [0.2, 0.25) is 9.85 Å². The molecule has 1 aromatic heterocycles. The Hall–Kier alpha value is -2.26. The van der Waals surface area contributed by atoms with Crippen LogP contribution in [0.5, 0.6) is 0 Å². The number of aromatic nitrogens is 2. The van der Waals surface area contributed by atoms with Crippen molar-refractivity contribution < 1.29 is 15.3 Å². The fraction of sp³-hybridized carbons (Fsp3) is 0.360. The molecule has 5 atom stereocenters. The summed E-state index contributed by atoms with van der Waals surface area (Å²) in [7, 11) is -2.99. The zero-order valence-electron chi connectivity index (χ0n) is 19.3. The van der Waals surface area contributed by atoms with E-state index in [4.69, 9.17) is 0 Å². The topological polar surface area (TPSA) is 116 Å². The van der Waals surface area contributed by atoms with Gasteiger partial charge in [-0.2, -0.15) is 0 Å². The summed E-state index contributed by atoms with van der Waals surface area (Å²) in [5.41, 5.74) is -2.08. The van der Waals surface area contributed by atoms with Gasteiger partial charge in [-0.1, -0.05) is 0 Å². The van der Waals surface area contributed by atoms with Gasteiger partial charge in [-0.05, 0) is 0 Å². The van der Waals surface area contributed by atoms with Crippen molar-refractivity contribution in [3.63, 3.8) is 0 Å². The minimum absolute atomic E-state index is 0.344. The van der Waals surface area contributed by atoms with E-state index in [2.05, 4.69) is 25.8 Å². The van der Waals surface area contributed by atoms with Crippen molar-refractivity contribution in [3.05, 3.63) is 93.8 Å². The van der Waals surface area contributed by atoms with Gasteiger partial charge in [0, 0.05) is 0 Å². The van der Waals surface area contributed by atoms with Crippen LogP contribution in [0.25, 0.3) is 0 Å². The molecule has 4 rings (SSSR count). The SMILES string of the molecule is CC(C)(C)[Si](c1ccccc1)(c1ccccc1)C(O)[C@H]1[Se][C@@H](n2ccc(=O)[nH]c2=O)[C@H](O)[C@@H]1O. The van der Waals surface area contributed by atoms with Crippen molar-refractivity contribution in [3.8, 4) is 0 Å². The van der Waals surface area contributed by atoms with Crippen LogP contribution in [0.1, 0.15) is 25.7 Å². The van der Waals surface area contributed by atoms with Crippen LogP contribution in [0.3, 0.4) is 0 Å². The van der Waals surface area contributed by atoms with Crippen molar-refractivity contribution in [2.24, 2.45) is 0 Å². The number of aromatic amines is 1. The van der Waals surface area contributed by atoms with Crippen LogP contribution < -0.4 is 21.6 Å². The second kappa shape index (κ2) is 9.41. The summed E-state index contributed by atoms with van der Waals surface area (Å²) in [5, 5.41) is 36.1. The predicted octanol–water partition coefficient (Wildman–Crippen LogP) is 0.227. The normalized spacial score (nSPS) is 24.2. The van der Waals surface area contributed by atoms with Gasteiger partial charge in [0.1, 0.15) is 0 Å². The van der Waals surface area contributed by atoms with E-state index >= 15 is 0 Å². The summed E-state index contributed by atoms with van der Waals surface area (Å²) in [4.78, 5) is 24.8. The Morgan fingerprint density at radius 1 is 0.912 bits per heavy atom. The third kappa shape index (κ3) is 4.06. The Labute approximate surface area is 205 Å².